The lowest BCUT2D eigenvalue weighted by Gasteiger charge is -2.12. The number of benzene rings is 5. The molecule has 42 heavy (non-hydrogen) atoms. The normalized spacial score (nSPS) is 11.3. The molecular formula is C36H28N2O4. The molecule has 0 radical (unpaired) electrons. The van der Waals surface area contributed by atoms with Gasteiger partial charge in [0.25, 0.3) is 11.8 Å². The Kier molecular flexibility index (Phi) is 8.65. The molecule has 0 aliphatic rings. The molecule has 0 aromatic heterocycles. The van der Waals surface area contributed by atoms with E-state index in [9.17, 15) is 14.4 Å². The molecule has 0 bridgehead atoms. The van der Waals surface area contributed by atoms with Crippen LogP contribution in [-0.4, -0.2) is 24.7 Å². The fourth-order valence-electron chi connectivity index (χ4n) is 4.40. The van der Waals surface area contributed by atoms with Crippen LogP contribution in [-0.2, 0) is 4.79 Å². The van der Waals surface area contributed by atoms with Crippen LogP contribution >= 0.6 is 0 Å². The van der Waals surface area contributed by atoms with Gasteiger partial charge >= 0.3 is 0 Å². The van der Waals surface area contributed by atoms with E-state index >= 15 is 0 Å². The zero-order valence-corrected chi connectivity index (χ0v) is 22.9. The first kappa shape index (κ1) is 27.8. The number of rotatable bonds is 9. The Hall–Kier alpha value is -5.75. The predicted molar refractivity (Wildman–Crippen MR) is 167 cm³/mol. The van der Waals surface area contributed by atoms with Crippen molar-refractivity contribution in [1.29, 1.82) is 0 Å². The summed E-state index contributed by atoms with van der Waals surface area (Å²) >= 11 is 0. The Bertz CT molecular complexity index is 1800. The Morgan fingerprint density at radius 1 is 0.714 bits per heavy atom. The number of nitrogens with one attached hydrogen (secondary N) is 2. The van der Waals surface area contributed by atoms with Crippen molar-refractivity contribution in [3.63, 3.8) is 0 Å². The van der Waals surface area contributed by atoms with Crippen LogP contribution in [0.3, 0.4) is 0 Å². The standard InChI is InChI=1S/C36H28N2O4/c1-42-31-15-7-9-25(23-31)17-22-34(39)27-18-20-30(21-19-27)37-36(41)33(38-35(40)28-11-3-2-4-12-28)24-29-14-8-13-26-10-5-6-16-32(26)29/h2-24H,1H3,(H,37,41)(H,38,40)/b22-17+,33-24-. The van der Waals surface area contributed by atoms with Gasteiger partial charge in [-0.05, 0) is 82.6 Å². The summed E-state index contributed by atoms with van der Waals surface area (Å²) in [6.45, 7) is 0. The van der Waals surface area contributed by atoms with E-state index in [1.54, 1.807) is 67.8 Å². The van der Waals surface area contributed by atoms with Crippen molar-refractivity contribution in [1.82, 2.24) is 5.32 Å². The van der Waals surface area contributed by atoms with Gasteiger partial charge in [0.15, 0.2) is 5.78 Å². The summed E-state index contributed by atoms with van der Waals surface area (Å²) < 4.78 is 5.22. The van der Waals surface area contributed by atoms with Crippen molar-refractivity contribution in [2.45, 2.75) is 0 Å². The highest BCUT2D eigenvalue weighted by Gasteiger charge is 2.16. The van der Waals surface area contributed by atoms with E-state index in [0.717, 1.165) is 21.9 Å². The van der Waals surface area contributed by atoms with Gasteiger partial charge in [-0.3, -0.25) is 14.4 Å². The Balaban J connectivity index is 1.36. The van der Waals surface area contributed by atoms with Crippen LogP contribution in [0.4, 0.5) is 5.69 Å². The molecule has 5 rings (SSSR count). The van der Waals surface area contributed by atoms with E-state index in [0.29, 0.717) is 22.6 Å². The number of amides is 2. The van der Waals surface area contributed by atoms with Gasteiger partial charge in [-0.2, -0.15) is 0 Å². The third-order valence-electron chi connectivity index (χ3n) is 6.60. The van der Waals surface area contributed by atoms with Crippen LogP contribution in [0.1, 0.15) is 31.8 Å². The second-order valence-corrected chi connectivity index (χ2v) is 9.45. The second kappa shape index (κ2) is 13.1. The van der Waals surface area contributed by atoms with Crippen LogP contribution in [0.25, 0.3) is 22.9 Å². The molecule has 2 N–H and O–H groups in total. The highest BCUT2D eigenvalue weighted by atomic mass is 16.5. The SMILES string of the molecule is COc1cccc(/C=C/C(=O)c2ccc(NC(=O)/C(=C/c3cccc4ccccc34)NC(=O)c3ccccc3)cc2)c1. The molecule has 0 fully saturated rings. The van der Waals surface area contributed by atoms with Crippen molar-refractivity contribution in [3.8, 4) is 5.75 Å². The number of hydrogen-bond donors (Lipinski definition) is 2. The average molecular weight is 553 g/mol. The highest BCUT2D eigenvalue weighted by Crippen LogP contribution is 2.22. The summed E-state index contributed by atoms with van der Waals surface area (Å²) in [5.74, 6) is -0.369. The van der Waals surface area contributed by atoms with Gasteiger partial charge < -0.3 is 15.4 Å². The van der Waals surface area contributed by atoms with E-state index in [1.165, 1.54) is 6.08 Å². The van der Waals surface area contributed by atoms with Crippen LogP contribution < -0.4 is 15.4 Å². The molecule has 0 spiro atoms. The summed E-state index contributed by atoms with van der Waals surface area (Å²) in [5.41, 5.74) is 3.09. The van der Waals surface area contributed by atoms with Crippen molar-refractivity contribution >= 4 is 46.2 Å². The topological polar surface area (TPSA) is 84.5 Å². The van der Waals surface area contributed by atoms with Gasteiger partial charge in [0, 0.05) is 16.8 Å². The van der Waals surface area contributed by atoms with Crippen molar-refractivity contribution < 1.29 is 19.1 Å². The molecule has 0 aliphatic heterocycles. The van der Waals surface area contributed by atoms with Gasteiger partial charge in [0.2, 0.25) is 0 Å². The Labute approximate surface area is 244 Å². The number of hydrogen-bond acceptors (Lipinski definition) is 4. The molecule has 5 aromatic rings. The fraction of sp³-hybridized carbons (Fsp3) is 0.0278. The number of allylic oxidation sites excluding steroid dienone is 1. The lowest BCUT2D eigenvalue weighted by Crippen LogP contribution is -2.30. The number of anilines is 1. The Morgan fingerprint density at radius 3 is 2.21 bits per heavy atom. The van der Waals surface area contributed by atoms with Gasteiger partial charge in [-0.25, -0.2) is 0 Å². The number of ether oxygens (including phenoxy) is 1. The number of ketones is 1. The molecule has 6 heteroatoms. The summed E-state index contributed by atoms with van der Waals surface area (Å²) in [6, 6.07) is 36.3. The van der Waals surface area contributed by atoms with Gasteiger partial charge in [0.1, 0.15) is 11.4 Å². The molecule has 0 heterocycles. The molecular weight excluding hydrogens is 524 g/mol. The van der Waals surface area contributed by atoms with E-state index in [1.807, 2.05) is 72.8 Å². The zero-order chi connectivity index (χ0) is 29.3. The lowest BCUT2D eigenvalue weighted by molar-refractivity contribution is -0.113. The van der Waals surface area contributed by atoms with Gasteiger partial charge in [-0.15, -0.1) is 0 Å². The van der Waals surface area contributed by atoms with Crippen LogP contribution in [0.15, 0.2) is 133 Å². The van der Waals surface area contributed by atoms with E-state index < -0.39 is 11.8 Å². The number of carbonyl (C=O) groups excluding carboxylic acids is 3. The first-order chi connectivity index (χ1) is 20.5. The van der Waals surface area contributed by atoms with Gasteiger partial charge in [0.05, 0.1) is 7.11 Å². The van der Waals surface area contributed by atoms with E-state index in [4.69, 9.17) is 4.74 Å². The quantitative estimate of drug-likeness (QED) is 0.150. The molecule has 0 aliphatic carbocycles. The lowest BCUT2D eigenvalue weighted by atomic mass is 10.0. The van der Waals surface area contributed by atoms with Crippen molar-refractivity contribution in [3.05, 3.63) is 155 Å². The molecule has 0 saturated heterocycles. The summed E-state index contributed by atoms with van der Waals surface area (Å²) in [6.07, 6.45) is 4.88. The van der Waals surface area contributed by atoms with Crippen LogP contribution in [0.2, 0.25) is 0 Å². The van der Waals surface area contributed by atoms with Crippen LogP contribution in [0, 0.1) is 0 Å². The first-order valence-electron chi connectivity index (χ1n) is 13.3. The smallest absolute Gasteiger partial charge is 0.272 e. The highest BCUT2D eigenvalue weighted by molar-refractivity contribution is 6.12. The number of carbonyl (C=O) groups is 3. The third-order valence-corrected chi connectivity index (χ3v) is 6.60. The maximum absolute atomic E-state index is 13.5. The van der Waals surface area contributed by atoms with Gasteiger partial charge in [-0.1, -0.05) is 78.9 Å². The average Bonchev–Trinajstić information content (AvgIpc) is 3.04. The maximum atomic E-state index is 13.5. The molecule has 206 valence electrons. The molecule has 6 nitrogen and oxygen atoms in total. The van der Waals surface area contributed by atoms with E-state index in [-0.39, 0.29) is 11.5 Å². The largest absolute Gasteiger partial charge is 0.497 e. The minimum atomic E-state index is -0.496. The molecule has 0 unspecified atom stereocenters. The number of methoxy groups -OCH3 is 1. The molecule has 0 atom stereocenters. The maximum Gasteiger partial charge on any atom is 0.272 e. The molecule has 5 aromatic carbocycles. The fourth-order valence-corrected chi connectivity index (χ4v) is 4.40. The predicted octanol–water partition coefficient (Wildman–Crippen LogP) is 7.15. The van der Waals surface area contributed by atoms with Crippen molar-refractivity contribution in [2.75, 3.05) is 12.4 Å². The molecule has 0 saturated carbocycles. The summed E-state index contributed by atoms with van der Waals surface area (Å²) in [7, 11) is 1.59. The first-order valence-corrected chi connectivity index (χ1v) is 13.3. The van der Waals surface area contributed by atoms with Crippen LogP contribution in [0.5, 0.6) is 5.75 Å². The minimum Gasteiger partial charge on any atom is -0.497 e. The summed E-state index contributed by atoms with van der Waals surface area (Å²) in [5, 5.41) is 7.58. The summed E-state index contributed by atoms with van der Waals surface area (Å²) in [4.78, 5) is 39.2. The Morgan fingerprint density at radius 2 is 1.43 bits per heavy atom. The van der Waals surface area contributed by atoms with Crippen molar-refractivity contribution in [2.24, 2.45) is 0 Å². The third kappa shape index (κ3) is 6.87. The molecule has 2 amide bonds. The minimum absolute atomic E-state index is 0.0848. The zero-order valence-electron chi connectivity index (χ0n) is 22.9. The monoisotopic (exact) mass is 552 g/mol. The number of fused-ring (bicyclic) bond motifs is 1. The van der Waals surface area contributed by atoms with E-state index in [2.05, 4.69) is 10.6 Å². The second-order valence-electron chi connectivity index (χ2n) is 9.45.